The van der Waals surface area contributed by atoms with Gasteiger partial charge >= 0.3 is 0 Å². The molecule has 3 aromatic carbocycles. The van der Waals surface area contributed by atoms with Crippen LogP contribution in [0.3, 0.4) is 0 Å². The van der Waals surface area contributed by atoms with Crippen LogP contribution in [-0.4, -0.2) is 22.7 Å². The lowest BCUT2D eigenvalue weighted by atomic mass is 10.1. The maximum Gasteiger partial charge on any atom is 0.282 e. The fraction of sp³-hybridized carbons (Fsp3) is 0.222. The Morgan fingerprint density at radius 2 is 1.97 bits per heavy atom. The molecule has 178 valence electrons. The van der Waals surface area contributed by atoms with Gasteiger partial charge in [0.25, 0.3) is 5.56 Å². The van der Waals surface area contributed by atoms with Crippen LogP contribution in [0.15, 0.2) is 75.0 Å². The van der Waals surface area contributed by atoms with Crippen LogP contribution in [0.1, 0.15) is 43.1 Å². The van der Waals surface area contributed by atoms with Crippen molar-refractivity contribution in [3.63, 3.8) is 0 Å². The Bertz CT molecular complexity index is 1480. The van der Waals surface area contributed by atoms with E-state index >= 15 is 0 Å². The van der Waals surface area contributed by atoms with Crippen LogP contribution >= 0.6 is 15.9 Å². The van der Waals surface area contributed by atoms with Crippen LogP contribution < -0.4 is 19.8 Å². The average Bonchev–Trinajstić information content (AvgIpc) is 3.35. The van der Waals surface area contributed by atoms with E-state index in [2.05, 4.69) is 28.0 Å². The van der Waals surface area contributed by atoms with Crippen LogP contribution in [0.5, 0.6) is 17.2 Å². The topological polar surface area (TPSA) is 74.9 Å². The van der Waals surface area contributed by atoms with Gasteiger partial charge in [-0.1, -0.05) is 48.0 Å². The number of aromatic nitrogens is 2. The predicted molar refractivity (Wildman–Crippen MR) is 139 cm³/mol. The molecular weight excluding hydrogens is 510 g/mol. The Morgan fingerprint density at radius 3 is 2.83 bits per heavy atom. The highest BCUT2D eigenvalue weighted by atomic mass is 79.9. The van der Waals surface area contributed by atoms with E-state index in [1.807, 2.05) is 61.5 Å². The monoisotopic (exact) mass is 533 g/mol. The molecule has 0 N–H and O–H groups in total. The Labute approximate surface area is 211 Å². The van der Waals surface area contributed by atoms with Gasteiger partial charge in [0.05, 0.1) is 17.1 Å². The molecule has 0 fully saturated rings. The second-order valence-electron chi connectivity index (χ2n) is 8.32. The minimum absolute atomic E-state index is 0.0606. The van der Waals surface area contributed by atoms with Gasteiger partial charge in [0, 0.05) is 16.0 Å². The van der Waals surface area contributed by atoms with E-state index in [1.165, 1.54) is 4.68 Å². The number of hydrogen-bond acceptors (Lipinski definition) is 6. The third kappa shape index (κ3) is 4.79. The zero-order valence-electron chi connectivity index (χ0n) is 19.4. The summed E-state index contributed by atoms with van der Waals surface area (Å²) in [5, 5.41) is 5.08. The van der Waals surface area contributed by atoms with Gasteiger partial charge in [0.2, 0.25) is 6.79 Å². The fourth-order valence-corrected chi connectivity index (χ4v) is 4.17. The van der Waals surface area contributed by atoms with Crippen molar-refractivity contribution in [3.8, 4) is 17.2 Å². The van der Waals surface area contributed by atoms with Crippen molar-refractivity contribution >= 4 is 33.0 Å². The number of hydrogen-bond donors (Lipinski definition) is 0. The molecule has 0 amide bonds. The van der Waals surface area contributed by atoms with Crippen molar-refractivity contribution in [1.29, 1.82) is 0 Å². The molecule has 0 unspecified atom stereocenters. The van der Waals surface area contributed by atoms with Crippen LogP contribution in [0.4, 0.5) is 0 Å². The van der Waals surface area contributed by atoms with Crippen molar-refractivity contribution in [2.75, 3.05) is 6.79 Å². The van der Waals surface area contributed by atoms with Crippen molar-refractivity contribution in [2.24, 2.45) is 5.10 Å². The minimum Gasteiger partial charge on any atom is -0.488 e. The Balaban J connectivity index is 1.46. The zero-order chi connectivity index (χ0) is 24.4. The highest BCUT2D eigenvalue weighted by Crippen LogP contribution is 2.33. The molecule has 2 heterocycles. The second kappa shape index (κ2) is 9.92. The highest BCUT2D eigenvalue weighted by Gasteiger charge is 2.16. The molecule has 1 atom stereocenters. The van der Waals surface area contributed by atoms with Gasteiger partial charge in [-0.15, -0.1) is 0 Å². The van der Waals surface area contributed by atoms with E-state index in [0.29, 0.717) is 34.8 Å². The smallest absolute Gasteiger partial charge is 0.282 e. The molecule has 0 radical (unpaired) electrons. The zero-order valence-corrected chi connectivity index (χ0v) is 21.0. The summed E-state index contributed by atoms with van der Waals surface area (Å²) in [6, 6.07) is 18.8. The molecule has 1 aliphatic heterocycles. The molecule has 0 aliphatic carbocycles. The van der Waals surface area contributed by atoms with Crippen molar-refractivity contribution in [1.82, 2.24) is 9.66 Å². The van der Waals surface area contributed by atoms with E-state index in [0.717, 1.165) is 27.8 Å². The summed E-state index contributed by atoms with van der Waals surface area (Å²) in [6.45, 7) is 4.69. The van der Waals surface area contributed by atoms with Gasteiger partial charge in [-0.05, 0) is 54.4 Å². The molecule has 8 heteroatoms. The molecule has 35 heavy (non-hydrogen) atoms. The maximum absolute atomic E-state index is 13.4. The summed E-state index contributed by atoms with van der Waals surface area (Å²) in [5.41, 5.74) is 2.17. The fourth-order valence-electron chi connectivity index (χ4n) is 3.81. The van der Waals surface area contributed by atoms with Crippen molar-refractivity contribution in [3.05, 3.63) is 92.4 Å². The molecule has 5 rings (SSSR count). The molecule has 0 bridgehead atoms. The second-order valence-corrected chi connectivity index (χ2v) is 9.23. The number of benzene rings is 3. The highest BCUT2D eigenvalue weighted by molar-refractivity contribution is 9.10. The van der Waals surface area contributed by atoms with Gasteiger partial charge in [0.15, 0.2) is 11.5 Å². The SMILES string of the molecule is CC[C@@H](C)c1nc2ccc(Br)cc2c(=O)n1N=Cc1ccccc1OCc1ccc2c(c1)OCO2. The van der Waals surface area contributed by atoms with Gasteiger partial charge in [-0.3, -0.25) is 4.79 Å². The number of para-hydroxylation sites is 1. The molecule has 0 saturated carbocycles. The number of halogens is 1. The molecule has 1 aromatic heterocycles. The predicted octanol–water partition coefficient (Wildman–Crippen LogP) is 5.86. The summed E-state index contributed by atoms with van der Waals surface area (Å²) in [7, 11) is 0. The molecule has 0 spiro atoms. The van der Waals surface area contributed by atoms with Crippen molar-refractivity contribution < 1.29 is 14.2 Å². The Morgan fingerprint density at radius 1 is 1.14 bits per heavy atom. The third-order valence-electron chi connectivity index (χ3n) is 5.95. The molecular formula is C27H24BrN3O4. The van der Waals surface area contributed by atoms with E-state index in [4.69, 9.17) is 19.2 Å². The summed E-state index contributed by atoms with van der Waals surface area (Å²) in [6.07, 6.45) is 2.48. The Kier molecular flexibility index (Phi) is 6.55. The number of fused-ring (bicyclic) bond motifs is 2. The third-order valence-corrected chi connectivity index (χ3v) is 6.44. The standard InChI is InChI=1S/C27H24BrN3O4/c1-3-17(2)26-30-22-10-9-20(28)13-21(22)27(32)31(26)29-14-19-6-4-5-7-23(19)33-15-18-8-11-24-25(12-18)35-16-34-24/h4-14,17H,3,15-16H2,1-2H3/t17-/m1/s1. The summed E-state index contributed by atoms with van der Waals surface area (Å²) < 4.78 is 19.1. The van der Waals surface area contributed by atoms with E-state index < -0.39 is 0 Å². The summed E-state index contributed by atoms with van der Waals surface area (Å²) >= 11 is 3.44. The number of rotatable bonds is 7. The minimum atomic E-state index is -0.207. The summed E-state index contributed by atoms with van der Waals surface area (Å²) in [4.78, 5) is 18.1. The van der Waals surface area contributed by atoms with E-state index in [1.54, 1.807) is 12.3 Å². The van der Waals surface area contributed by atoms with Gasteiger partial charge < -0.3 is 14.2 Å². The first-order valence-electron chi connectivity index (χ1n) is 11.4. The Hall–Kier alpha value is -3.65. The maximum atomic E-state index is 13.4. The first-order chi connectivity index (χ1) is 17.0. The van der Waals surface area contributed by atoms with Crippen LogP contribution in [0.2, 0.25) is 0 Å². The van der Waals surface area contributed by atoms with Crippen LogP contribution in [0, 0.1) is 0 Å². The molecule has 4 aromatic rings. The summed E-state index contributed by atoms with van der Waals surface area (Å²) in [5.74, 6) is 2.80. The van der Waals surface area contributed by atoms with Gasteiger partial charge in [0.1, 0.15) is 18.2 Å². The largest absolute Gasteiger partial charge is 0.488 e. The lowest BCUT2D eigenvalue weighted by Crippen LogP contribution is -2.23. The average molecular weight is 534 g/mol. The normalized spacial score (nSPS) is 13.5. The lowest BCUT2D eigenvalue weighted by Gasteiger charge is -2.14. The number of ether oxygens (including phenoxy) is 3. The van der Waals surface area contributed by atoms with Gasteiger partial charge in [-0.25, -0.2) is 4.98 Å². The quantitative estimate of drug-likeness (QED) is 0.278. The van der Waals surface area contributed by atoms with E-state index in [-0.39, 0.29) is 18.3 Å². The first-order valence-corrected chi connectivity index (χ1v) is 12.2. The van der Waals surface area contributed by atoms with Crippen LogP contribution in [0.25, 0.3) is 10.9 Å². The molecule has 7 nitrogen and oxygen atoms in total. The number of nitrogens with zero attached hydrogens (tertiary/aromatic N) is 3. The molecule has 1 aliphatic rings. The first kappa shape index (κ1) is 23.1. The van der Waals surface area contributed by atoms with Gasteiger partial charge in [-0.2, -0.15) is 9.78 Å². The lowest BCUT2D eigenvalue weighted by molar-refractivity contribution is 0.174. The molecule has 0 saturated heterocycles. The van der Waals surface area contributed by atoms with E-state index in [9.17, 15) is 4.79 Å². The van der Waals surface area contributed by atoms with Crippen LogP contribution in [-0.2, 0) is 6.61 Å². The van der Waals surface area contributed by atoms with Crippen molar-refractivity contribution in [2.45, 2.75) is 32.8 Å².